The van der Waals surface area contributed by atoms with Crippen molar-refractivity contribution >= 4 is 18.1 Å². The molecule has 1 heterocycles. The van der Waals surface area contributed by atoms with Crippen molar-refractivity contribution in [2.24, 2.45) is 0 Å². The molecule has 0 amide bonds. The molecule has 4 heteroatoms. The van der Waals surface area contributed by atoms with Gasteiger partial charge in [-0.05, 0) is 18.6 Å². The Morgan fingerprint density at radius 2 is 1.93 bits per heavy atom. The molecular weight excluding hydrogens is 188 g/mol. The lowest BCUT2D eigenvalue weighted by atomic mass is 10.1. The molecule has 0 aliphatic carbocycles. The van der Waals surface area contributed by atoms with Crippen molar-refractivity contribution in [2.45, 2.75) is 6.92 Å². The number of benzene rings is 1. The van der Waals surface area contributed by atoms with E-state index in [4.69, 9.17) is 5.73 Å². The van der Waals surface area contributed by atoms with E-state index in [-0.39, 0.29) is 5.95 Å². The second-order valence-electron chi connectivity index (χ2n) is 3.32. The van der Waals surface area contributed by atoms with Gasteiger partial charge in [0, 0.05) is 0 Å². The number of nitrogens with one attached hydrogen (secondary N) is 1. The standard InChI is InChI=1S/C11H12N4/c1-8-2-4-9(5-3-8)6-7-10-13-11(12)15-14-10/h2-7H,1H3,(H3,12,13,14,15)/b7-6+. The minimum atomic E-state index is 0.263. The Hall–Kier alpha value is -2.10. The number of anilines is 1. The average Bonchev–Trinajstić information content (AvgIpc) is 2.64. The molecule has 0 bridgehead atoms. The highest BCUT2D eigenvalue weighted by molar-refractivity contribution is 5.66. The first-order valence-corrected chi connectivity index (χ1v) is 4.67. The highest BCUT2D eigenvalue weighted by Gasteiger charge is 1.93. The van der Waals surface area contributed by atoms with Crippen molar-refractivity contribution in [1.29, 1.82) is 0 Å². The van der Waals surface area contributed by atoms with Crippen LogP contribution in [0.25, 0.3) is 12.2 Å². The van der Waals surface area contributed by atoms with E-state index in [1.807, 2.05) is 24.3 Å². The summed E-state index contributed by atoms with van der Waals surface area (Å²) in [6, 6.07) is 8.22. The molecule has 0 spiro atoms. The van der Waals surface area contributed by atoms with E-state index in [0.717, 1.165) is 5.56 Å². The fourth-order valence-corrected chi connectivity index (χ4v) is 1.22. The van der Waals surface area contributed by atoms with Gasteiger partial charge in [0.25, 0.3) is 0 Å². The normalized spacial score (nSPS) is 11.0. The molecule has 0 aliphatic rings. The van der Waals surface area contributed by atoms with Crippen molar-refractivity contribution in [2.75, 3.05) is 5.73 Å². The highest BCUT2D eigenvalue weighted by Crippen LogP contribution is 2.07. The van der Waals surface area contributed by atoms with Crippen molar-refractivity contribution in [3.8, 4) is 0 Å². The first-order chi connectivity index (χ1) is 7.24. The quantitative estimate of drug-likeness (QED) is 0.777. The minimum Gasteiger partial charge on any atom is -0.366 e. The Bertz CT molecular complexity index is 468. The van der Waals surface area contributed by atoms with Crippen LogP contribution < -0.4 is 5.73 Å². The number of H-pyrrole nitrogens is 1. The lowest BCUT2D eigenvalue weighted by molar-refractivity contribution is 1.09. The summed E-state index contributed by atoms with van der Waals surface area (Å²) < 4.78 is 0. The van der Waals surface area contributed by atoms with E-state index in [1.165, 1.54) is 5.56 Å². The molecule has 0 fully saturated rings. The number of nitrogens with zero attached hydrogens (tertiary/aromatic N) is 2. The Labute approximate surface area is 87.9 Å². The van der Waals surface area contributed by atoms with Gasteiger partial charge in [-0.1, -0.05) is 35.9 Å². The van der Waals surface area contributed by atoms with Gasteiger partial charge in [-0.15, -0.1) is 5.10 Å². The molecule has 0 saturated carbocycles. The smallest absolute Gasteiger partial charge is 0.239 e. The van der Waals surface area contributed by atoms with Gasteiger partial charge < -0.3 is 5.73 Å². The van der Waals surface area contributed by atoms with E-state index in [1.54, 1.807) is 0 Å². The molecule has 0 radical (unpaired) electrons. The third-order valence-electron chi connectivity index (χ3n) is 2.03. The fraction of sp³-hybridized carbons (Fsp3) is 0.0909. The van der Waals surface area contributed by atoms with Gasteiger partial charge in [-0.3, -0.25) is 5.10 Å². The molecule has 3 N–H and O–H groups in total. The Kier molecular flexibility index (Phi) is 2.49. The summed E-state index contributed by atoms with van der Waals surface area (Å²) in [6.45, 7) is 2.06. The number of aromatic amines is 1. The molecule has 1 aromatic carbocycles. The van der Waals surface area contributed by atoms with Gasteiger partial charge in [-0.25, -0.2) is 0 Å². The van der Waals surface area contributed by atoms with Crippen LogP contribution in [-0.2, 0) is 0 Å². The zero-order valence-corrected chi connectivity index (χ0v) is 8.44. The molecule has 0 saturated heterocycles. The lowest BCUT2D eigenvalue weighted by Gasteiger charge is -1.93. The van der Waals surface area contributed by atoms with E-state index in [0.29, 0.717) is 5.82 Å². The van der Waals surface area contributed by atoms with Gasteiger partial charge in [0.05, 0.1) is 0 Å². The molecule has 2 rings (SSSR count). The monoisotopic (exact) mass is 200 g/mol. The summed E-state index contributed by atoms with van der Waals surface area (Å²) in [5.74, 6) is 0.923. The summed E-state index contributed by atoms with van der Waals surface area (Å²) in [5, 5.41) is 6.45. The SMILES string of the molecule is Cc1ccc(/C=C/c2nc(N)n[nH]2)cc1. The molecule has 0 aliphatic heterocycles. The van der Waals surface area contributed by atoms with Crippen LogP contribution in [0.1, 0.15) is 17.0 Å². The predicted molar refractivity (Wildman–Crippen MR) is 60.9 cm³/mol. The number of nitrogens with two attached hydrogens (primary N) is 1. The molecule has 0 unspecified atom stereocenters. The van der Waals surface area contributed by atoms with Gasteiger partial charge in [-0.2, -0.15) is 4.98 Å². The zero-order valence-electron chi connectivity index (χ0n) is 8.44. The van der Waals surface area contributed by atoms with Crippen molar-refractivity contribution < 1.29 is 0 Å². The summed E-state index contributed by atoms with van der Waals surface area (Å²) in [7, 11) is 0. The Morgan fingerprint density at radius 1 is 1.20 bits per heavy atom. The number of nitrogen functional groups attached to an aromatic ring is 1. The number of hydrogen-bond acceptors (Lipinski definition) is 3. The minimum absolute atomic E-state index is 0.263. The molecule has 2 aromatic rings. The van der Waals surface area contributed by atoms with Gasteiger partial charge in [0.1, 0.15) is 5.82 Å². The predicted octanol–water partition coefficient (Wildman–Crippen LogP) is 1.87. The maximum atomic E-state index is 5.38. The van der Waals surface area contributed by atoms with Crippen LogP contribution in [0.3, 0.4) is 0 Å². The highest BCUT2D eigenvalue weighted by atomic mass is 15.3. The van der Waals surface area contributed by atoms with Crippen LogP contribution in [0.15, 0.2) is 24.3 Å². The van der Waals surface area contributed by atoms with Crippen LogP contribution in [0, 0.1) is 6.92 Å². The summed E-state index contributed by atoms with van der Waals surface area (Å²) in [4.78, 5) is 3.97. The molecule has 4 nitrogen and oxygen atoms in total. The summed E-state index contributed by atoms with van der Waals surface area (Å²) in [5.41, 5.74) is 7.75. The van der Waals surface area contributed by atoms with E-state index >= 15 is 0 Å². The summed E-state index contributed by atoms with van der Waals surface area (Å²) >= 11 is 0. The van der Waals surface area contributed by atoms with Crippen LogP contribution in [0.2, 0.25) is 0 Å². The molecule has 0 atom stereocenters. The third kappa shape index (κ3) is 2.43. The molecule has 15 heavy (non-hydrogen) atoms. The van der Waals surface area contributed by atoms with E-state index in [9.17, 15) is 0 Å². The van der Waals surface area contributed by atoms with E-state index < -0.39 is 0 Å². The second kappa shape index (κ2) is 3.96. The average molecular weight is 200 g/mol. The van der Waals surface area contributed by atoms with Gasteiger partial charge >= 0.3 is 0 Å². The topological polar surface area (TPSA) is 67.6 Å². The Balaban J connectivity index is 2.14. The lowest BCUT2D eigenvalue weighted by Crippen LogP contribution is -1.85. The van der Waals surface area contributed by atoms with Gasteiger partial charge in [0.15, 0.2) is 0 Å². The van der Waals surface area contributed by atoms with Crippen LogP contribution >= 0.6 is 0 Å². The fourth-order valence-electron chi connectivity index (χ4n) is 1.22. The third-order valence-corrected chi connectivity index (χ3v) is 2.03. The van der Waals surface area contributed by atoms with Crippen molar-refractivity contribution in [3.63, 3.8) is 0 Å². The number of aromatic nitrogens is 3. The second-order valence-corrected chi connectivity index (χ2v) is 3.32. The molecule has 1 aromatic heterocycles. The first kappa shape index (κ1) is 9.45. The molecular formula is C11H12N4. The number of aryl methyl sites for hydroxylation is 1. The number of rotatable bonds is 2. The summed E-state index contributed by atoms with van der Waals surface area (Å²) in [6.07, 6.45) is 3.80. The van der Waals surface area contributed by atoms with E-state index in [2.05, 4.69) is 34.2 Å². The van der Waals surface area contributed by atoms with Crippen molar-refractivity contribution in [3.05, 3.63) is 41.2 Å². The maximum Gasteiger partial charge on any atom is 0.239 e. The number of hydrogen-bond donors (Lipinski definition) is 2. The van der Waals surface area contributed by atoms with Crippen LogP contribution in [-0.4, -0.2) is 15.2 Å². The zero-order chi connectivity index (χ0) is 10.7. The largest absolute Gasteiger partial charge is 0.366 e. The van der Waals surface area contributed by atoms with Crippen LogP contribution in [0.4, 0.5) is 5.95 Å². The van der Waals surface area contributed by atoms with Crippen molar-refractivity contribution in [1.82, 2.24) is 15.2 Å². The van der Waals surface area contributed by atoms with Crippen LogP contribution in [0.5, 0.6) is 0 Å². The first-order valence-electron chi connectivity index (χ1n) is 4.67. The maximum absolute atomic E-state index is 5.38. The Morgan fingerprint density at radius 3 is 2.53 bits per heavy atom. The van der Waals surface area contributed by atoms with Gasteiger partial charge in [0.2, 0.25) is 5.95 Å². The molecule has 76 valence electrons.